The number of likely N-dealkylation sites (N-methyl/N-ethyl adjacent to an activating group) is 1. The lowest BCUT2D eigenvalue weighted by atomic mass is 10.0. The SMILES string of the molecule is CO[C@H]1CN(C)C(=O)c2ccc(NC(=O)Nc3ccc(C(F)(F)F)cc3)cc2OC[C@H](C)NC[C@H]1C. The Kier molecular flexibility index (Phi) is 8.80. The van der Waals surface area contributed by atoms with Gasteiger partial charge in [-0.3, -0.25) is 4.79 Å². The van der Waals surface area contributed by atoms with E-state index in [9.17, 15) is 22.8 Å². The van der Waals surface area contributed by atoms with Crippen LogP contribution in [0.15, 0.2) is 42.5 Å². The van der Waals surface area contributed by atoms with E-state index in [4.69, 9.17) is 9.47 Å². The number of methoxy groups -OCH3 is 1. The molecule has 0 spiro atoms. The molecule has 8 nitrogen and oxygen atoms in total. The Labute approximate surface area is 208 Å². The van der Waals surface area contributed by atoms with Crippen LogP contribution in [0.25, 0.3) is 0 Å². The Morgan fingerprint density at radius 1 is 1.11 bits per heavy atom. The van der Waals surface area contributed by atoms with E-state index in [1.165, 1.54) is 12.1 Å². The van der Waals surface area contributed by atoms with E-state index in [1.807, 2.05) is 6.92 Å². The molecular formula is C25H31F3N4O4. The minimum Gasteiger partial charge on any atom is -0.491 e. The Morgan fingerprint density at radius 3 is 2.39 bits per heavy atom. The number of ether oxygens (including phenoxy) is 2. The first-order valence-corrected chi connectivity index (χ1v) is 11.5. The summed E-state index contributed by atoms with van der Waals surface area (Å²) < 4.78 is 49.8. The second kappa shape index (κ2) is 11.6. The highest BCUT2D eigenvalue weighted by molar-refractivity contribution is 6.01. The van der Waals surface area contributed by atoms with Gasteiger partial charge in [0.2, 0.25) is 0 Å². The lowest BCUT2D eigenvalue weighted by molar-refractivity contribution is -0.137. The average molecular weight is 509 g/mol. The number of halogens is 3. The zero-order valence-electron chi connectivity index (χ0n) is 20.6. The maximum absolute atomic E-state index is 13.2. The molecule has 0 saturated heterocycles. The van der Waals surface area contributed by atoms with Gasteiger partial charge < -0.3 is 30.3 Å². The van der Waals surface area contributed by atoms with E-state index in [0.717, 1.165) is 12.1 Å². The van der Waals surface area contributed by atoms with Crippen LogP contribution in [0.3, 0.4) is 0 Å². The third kappa shape index (κ3) is 7.11. The molecule has 0 fully saturated rings. The Hall–Kier alpha value is -3.31. The summed E-state index contributed by atoms with van der Waals surface area (Å²) in [6.45, 7) is 5.38. The van der Waals surface area contributed by atoms with Crippen LogP contribution >= 0.6 is 0 Å². The molecule has 3 N–H and O–H groups in total. The highest BCUT2D eigenvalue weighted by Gasteiger charge is 2.30. The lowest BCUT2D eigenvalue weighted by Crippen LogP contribution is -2.44. The van der Waals surface area contributed by atoms with Crippen molar-refractivity contribution in [1.82, 2.24) is 10.2 Å². The lowest BCUT2D eigenvalue weighted by Gasteiger charge is -2.30. The summed E-state index contributed by atoms with van der Waals surface area (Å²) in [5.74, 6) is 0.220. The quantitative estimate of drug-likeness (QED) is 0.570. The predicted molar refractivity (Wildman–Crippen MR) is 130 cm³/mol. The number of benzene rings is 2. The molecule has 2 aromatic carbocycles. The highest BCUT2D eigenvalue weighted by Crippen LogP contribution is 2.30. The second-order valence-electron chi connectivity index (χ2n) is 8.92. The summed E-state index contributed by atoms with van der Waals surface area (Å²) in [7, 11) is 3.32. The van der Waals surface area contributed by atoms with Crippen LogP contribution in [-0.4, -0.2) is 62.8 Å². The molecule has 36 heavy (non-hydrogen) atoms. The predicted octanol–water partition coefficient (Wildman–Crippen LogP) is 4.44. The Morgan fingerprint density at radius 2 is 1.75 bits per heavy atom. The fourth-order valence-electron chi connectivity index (χ4n) is 3.77. The summed E-state index contributed by atoms with van der Waals surface area (Å²) in [4.78, 5) is 27.2. The van der Waals surface area contributed by atoms with E-state index in [2.05, 4.69) is 22.9 Å². The molecule has 1 aliphatic rings. The van der Waals surface area contributed by atoms with Crippen LogP contribution in [0.5, 0.6) is 5.75 Å². The second-order valence-corrected chi connectivity index (χ2v) is 8.92. The molecule has 3 amide bonds. The molecule has 0 unspecified atom stereocenters. The maximum atomic E-state index is 13.2. The van der Waals surface area contributed by atoms with Crippen LogP contribution in [0.1, 0.15) is 29.8 Å². The molecule has 1 aliphatic heterocycles. The summed E-state index contributed by atoms with van der Waals surface area (Å²) in [6.07, 6.45) is -4.61. The van der Waals surface area contributed by atoms with Gasteiger partial charge in [0, 0.05) is 50.7 Å². The van der Waals surface area contributed by atoms with Gasteiger partial charge in [-0.25, -0.2) is 4.79 Å². The van der Waals surface area contributed by atoms with Gasteiger partial charge in [0.05, 0.1) is 17.2 Å². The van der Waals surface area contributed by atoms with Gasteiger partial charge in [-0.05, 0) is 49.2 Å². The molecule has 0 bridgehead atoms. The third-order valence-corrected chi connectivity index (χ3v) is 5.96. The third-order valence-electron chi connectivity index (χ3n) is 5.96. The number of hydrogen-bond donors (Lipinski definition) is 3. The summed E-state index contributed by atoms with van der Waals surface area (Å²) in [5.41, 5.74) is 0.0722. The van der Waals surface area contributed by atoms with E-state index < -0.39 is 17.8 Å². The number of carbonyl (C=O) groups is 2. The standard InChI is InChI=1S/C25H31F3N4O4/c1-15-12-29-16(2)14-36-21-11-19(9-10-20(21)23(33)32(3)13-22(15)35-4)31-24(34)30-18-7-5-17(6-8-18)25(26,27)28/h5-11,15-16,22,29H,12-14H2,1-4H3,(H2,30,31,34)/t15-,16+,22+/m1/s1. The van der Waals surface area contributed by atoms with Crippen LogP contribution in [0.4, 0.5) is 29.3 Å². The van der Waals surface area contributed by atoms with Crippen molar-refractivity contribution in [1.29, 1.82) is 0 Å². The smallest absolute Gasteiger partial charge is 0.416 e. The van der Waals surface area contributed by atoms with Gasteiger partial charge in [0.1, 0.15) is 12.4 Å². The van der Waals surface area contributed by atoms with Crippen LogP contribution in [-0.2, 0) is 10.9 Å². The molecule has 1 heterocycles. The largest absolute Gasteiger partial charge is 0.491 e. The number of hydrogen-bond acceptors (Lipinski definition) is 5. The topological polar surface area (TPSA) is 91.9 Å². The first-order valence-electron chi connectivity index (χ1n) is 11.5. The van der Waals surface area contributed by atoms with Crippen LogP contribution in [0.2, 0.25) is 0 Å². The number of rotatable bonds is 3. The molecule has 0 aromatic heterocycles. The fourth-order valence-corrected chi connectivity index (χ4v) is 3.77. The van der Waals surface area contributed by atoms with E-state index in [1.54, 1.807) is 37.3 Å². The Balaban J connectivity index is 1.76. The average Bonchev–Trinajstić information content (AvgIpc) is 2.83. The van der Waals surface area contributed by atoms with Crippen molar-refractivity contribution in [2.45, 2.75) is 32.2 Å². The van der Waals surface area contributed by atoms with Gasteiger partial charge >= 0.3 is 12.2 Å². The van der Waals surface area contributed by atoms with Crippen LogP contribution < -0.4 is 20.7 Å². The van der Waals surface area contributed by atoms with Crippen molar-refractivity contribution in [3.8, 4) is 5.75 Å². The summed E-state index contributed by atoms with van der Waals surface area (Å²) >= 11 is 0. The zero-order valence-corrected chi connectivity index (χ0v) is 20.6. The number of urea groups is 1. The molecule has 3 rings (SSSR count). The molecule has 2 aromatic rings. The van der Waals surface area contributed by atoms with Gasteiger partial charge in [0.15, 0.2) is 0 Å². The monoisotopic (exact) mass is 508 g/mol. The molecule has 0 radical (unpaired) electrons. The molecule has 0 saturated carbocycles. The number of anilines is 2. The number of nitrogens with zero attached hydrogens (tertiary/aromatic N) is 1. The summed E-state index contributed by atoms with van der Waals surface area (Å²) in [6, 6.07) is 8.11. The van der Waals surface area contributed by atoms with Gasteiger partial charge in [-0.15, -0.1) is 0 Å². The zero-order chi connectivity index (χ0) is 26.5. The van der Waals surface area contributed by atoms with Crippen molar-refractivity contribution >= 4 is 23.3 Å². The number of amides is 3. The molecule has 0 aliphatic carbocycles. The minimum absolute atomic E-state index is 0.00959. The molecule has 11 heteroatoms. The maximum Gasteiger partial charge on any atom is 0.416 e. The fraction of sp³-hybridized carbons (Fsp3) is 0.440. The van der Waals surface area contributed by atoms with Crippen LogP contribution in [0, 0.1) is 5.92 Å². The van der Waals surface area contributed by atoms with Crippen molar-refractivity contribution in [3.05, 3.63) is 53.6 Å². The van der Waals surface area contributed by atoms with Gasteiger partial charge in [-0.2, -0.15) is 13.2 Å². The van der Waals surface area contributed by atoms with Crippen molar-refractivity contribution in [3.63, 3.8) is 0 Å². The molecular weight excluding hydrogens is 477 g/mol. The molecule has 3 atom stereocenters. The summed E-state index contributed by atoms with van der Waals surface area (Å²) in [5, 5.41) is 8.50. The number of fused-ring (bicyclic) bond motifs is 1. The van der Waals surface area contributed by atoms with Gasteiger partial charge in [0.25, 0.3) is 5.91 Å². The number of nitrogens with one attached hydrogen (secondary N) is 3. The molecule has 196 valence electrons. The van der Waals surface area contributed by atoms with Crippen molar-refractivity contribution in [2.75, 3.05) is 44.5 Å². The van der Waals surface area contributed by atoms with E-state index in [0.29, 0.717) is 30.1 Å². The first kappa shape index (κ1) is 27.3. The highest BCUT2D eigenvalue weighted by atomic mass is 19.4. The normalized spacial score (nSPS) is 21.5. The van der Waals surface area contributed by atoms with Crippen molar-refractivity contribution in [2.24, 2.45) is 5.92 Å². The first-order chi connectivity index (χ1) is 17.0. The van der Waals surface area contributed by atoms with E-state index >= 15 is 0 Å². The van der Waals surface area contributed by atoms with E-state index in [-0.39, 0.29) is 36.3 Å². The Bertz CT molecular complexity index is 1060. The van der Waals surface area contributed by atoms with Gasteiger partial charge in [-0.1, -0.05) is 6.92 Å². The minimum atomic E-state index is -4.46. The number of carbonyl (C=O) groups excluding carboxylic acids is 2. The number of alkyl halides is 3. The van der Waals surface area contributed by atoms with Crippen molar-refractivity contribution < 1.29 is 32.2 Å².